The van der Waals surface area contributed by atoms with Crippen LogP contribution in [0.2, 0.25) is 10.0 Å². The van der Waals surface area contributed by atoms with Gasteiger partial charge in [0.15, 0.2) is 0 Å². The van der Waals surface area contributed by atoms with E-state index < -0.39 is 28.5 Å². The van der Waals surface area contributed by atoms with Crippen LogP contribution in [0, 0.1) is 6.92 Å². The second kappa shape index (κ2) is 14.4. The Kier molecular flexibility index (Phi) is 10.9. The molecule has 1 saturated carbocycles. The zero-order valence-electron chi connectivity index (χ0n) is 23.9. The lowest BCUT2D eigenvalue weighted by atomic mass is 9.95. The number of nitrogens with one attached hydrogen (secondary N) is 1. The Morgan fingerprint density at radius 1 is 0.905 bits per heavy atom. The molecule has 4 rings (SSSR count). The number of halogens is 2. The zero-order valence-corrected chi connectivity index (χ0v) is 26.3. The molecule has 10 heteroatoms. The Bertz CT molecular complexity index is 1490. The Labute approximate surface area is 258 Å². The van der Waals surface area contributed by atoms with Crippen LogP contribution < -0.4 is 9.62 Å². The number of benzene rings is 3. The van der Waals surface area contributed by atoms with Gasteiger partial charge in [-0.3, -0.25) is 13.9 Å². The molecule has 0 heterocycles. The monoisotopic (exact) mass is 629 g/mol. The van der Waals surface area contributed by atoms with Crippen molar-refractivity contribution in [3.8, 4) is 0 Å². The first kappa shape index (κ1) is 31.9. The lowest BCUT2D eigenvalue weighted by Gasteiger charge is -2.35. The number of hydrogen-bond donors (Lipinski definition) is 1. The molecule has 0 aromatic heterocycles. The first-order valence-corrected chi connectivity index (χ1v) is 16.5. The van der Waals surface area contributed by atoms with Crippen molar-refractivity contribution in [2.24, 2.45) is 0 Å². The summed E-state index contributed by atoms with van der Waals surface area (Å²) in [4.78, 5) is 29.4. The van der Waals surface area contributed by atoms with E-state index in [2.05, 4.69) is 5.32 Å². The van der Waals surface area contributed by atoms with Gasteiger partial charge in [-0.25, -0.2) is 8.42 Å². The van der Waals surface area contributed by atoms with Crippen LogP contribution in [-0.2, 0) is 26.2 Å². The number of carbonyl (C=O) groups excluding carboxylic acids is 2. The molecule has 1 atom stereocenters. The molecule has 1 fully saturated rings. The summed E-state index contributed by atoms with van der Waals surface area (Å²) in [6.07, 6.45) is 5.39. The van der Waals surface area contributed by atoms with Crippen LogP contribution in [-0.4, -0.2) is 43.8 Å². The van der Waals surface area contributed by atoms with Crippen molar-refractivity contribution in [2.45, 2.75) is 75.9 Å². The van der Waals surface area contributed by atoms with Gasteiger partial charge in [0.2, 0.25) is 11.8 Å². The molecule has 0 aliphatic heterocycles. The van der Waals surface area contributed by atoms with E-state index in [0.717, 1.165) is 36.4 Å². The molecule has 2 amide bonds. The number of carbonyl (C=O) groups is 2. The molecule has 7 nitrogen and oxygen atoms in total. The molecule has 0 spiro atoms. The molecule has 0 unspecified atom stereocenters. The zero-order chi connectivity index (χ0) is 30.3. The van der Waals surface area contributed by atoms with Crippen molar-refractivity contribution >= 4 is 50.7 Å². The van der Waals surface area contributed by atoms with E-state index in [-0.39, 0.29) is 29.1 Å². The molecule has 0 radical (unpaired) electrons. The van der Waals surface area contributed by atoms with Gasteiger partial charge in [-0.05, 0) is 67.6 Å². The standard InChI is InChI=1S/C32H37Cl2N3O4S/c1-3-29(32(39)35-25-14-6-4-7-15-25)36(21-24-13-10-11-18-28(24)34)31(38)22-37(30-20-12-19-27(33)23(30)2)42(40,41)26-16-8-5-9-17-26/h5,8-13,16-20,25,29H,3-4,6-7,14-15,21-22H2,1-2H3,(H,35,39)/t29-/m0/s1. The summed E-state index contributed by atoms with van der Waals surface area (Å²) in [5.74, 6) is -0.777. The molecule has 3 aromatic rings. The summed E-state index contributed by atoms with van der Waals surface area (Å²) in [6.45, 7) is 3.07. The van der Waals surface area contributed by atoms with Crippen molar-refractivity contribution in [3.05, 3.63) is 94.0 Å². The average Bonchev–Trinajstić information content (AvgIpc) is 2.99. The summed E-state index contributed by atoms with van der Waals surface area (Å²) in [7, 11) is -4.18. The van der Waals surface area contributed by atoms with E-state index >= 15 is 0 Å². The normalized spacial score (nSPS) is 14.7. The van der Waals surface area contributed by atoms with Gasteiger partial charge in [0.1, 0.15) is 12.6 Å². The first-order chi connectivity index (χ1) is 20.1. The Morgan fingerprint density at radius 2 is 1.55 bits per heavy atom. The van der Waals surface area contributed by atoms with Crippen LogP contribution in [0.15, 0.2) is 77.7 Å². The molecule has 224 valence electrons. The third-order valence-electron chi connectivity index (χ3n) is 7.75. The van der Waals surface area contributed by atoms with Gasteiger partial charge >= 0.3 is 0 Å². The van der Waals surface area contributed by atoms with E-state index in [9.17, 15) is 18.0 Å². The third-order valence-corrected chi connectivity index (χ3v) is 10.3. The van der Waals surface area contributed by atoms with Gasteiger partial charge in [-0.15, -0.1) is 0 Å². The lowest BCUT2D eigenvalue weighted by molar-refractivity contribution is -0.140. The maximum absolute atomic E-state index is 14.3. The van der Waals surface area contributed by atoms with E-state index in [1.807, 2.05) is 13.0 Å². The van der Waals surface area contributed by atoms with E-state index in [4.69, 9.17) is 23.2 Å². The van der Waals surface area contributed by atoms with Crippen molar-refractivity contribution in [2.75, 3.05) is 10.8 Å². The Hall–Kier alpha value is -3.07. The summed E-state index contributed by atoms with van der Waals surface area (Å²) >= 11 is 12.9. The minimum absolute atomic E-state index is 0.0388. The molecule has 1 N–H and O–H groups in total. The molecular formula is C32H37Cl2N3O4S. The van der Waals surface area contributed by atoms with Crippen LogP contribution in [0.4, 0.5) is 5.69 Å². The minimum atomic E-state index is -4.18. The SMILES string of the molecule is CC[C@@H](C(=O)NC1CCCCC1)N(Cc1ccccc1Cl)C(=O)CN(c1cccc(Cl)c1C)S(=O)(=O)c1ccccc1. The number of rotatable bonds is 11. The van der Waals surface area contributed by atoms with Crippen LogP contribution >= 0.6 is 23.2 Å². The number of amides is 2. The fraction of sp³-hybridized carbons (Fsp3) is 0.375. The van der Waals surface area contributed by atoms with Crippen molar-refractivity contribution in [3.63, 3.8) is 0 Å². The molecule has 0 bridgehead atoms. The second-order valence-corrected chi connectivity index (χ2v) is 13.3. The Morgan fingerprint density at radius 3 is 2.21 bits per heavy atom. The highest BCUT2D eigenvalue weighted by molar-refractivity contribution is 7.92. The number of sulfonamides is 1. The number of hydrogen-bond acceptors (Lipinski definition) is 4. The van der Waals surface area contributed by atoms with Crippen molar-refractivity contribution in [1.82, 2.24) is 10.2 Å². The van der Waals surface area contributed by atoms with Crippen molar-refractivity contribution in [1.29, 1.82) is 0 Å². The topological polar surface area (TPSA) is 86.8 Å². The first-order valence-electron chi connectivity index (χ1n) is 14.3. The highest BCUT2D eigenvalue weighted by atomic mass is 35.5. The fourth-order valence-electron chi connectivity index (χ4n) is 5.37. The lowest BCUT2D eigenvalue weighted by Crippen LogP contribution is -2.54. The van der Waals surface area contributed by atoms with Crippen molar-refractivity contribution < 1.29 is 18.0 Å². The summed E-state index contributed by atoms with van der Waals surface area (Å²) in [5, 5.41) is 3.98. The predicted molar refractivity (Wildman–Crippen MR) is 168 cm³/mol. The molecular weight excluding hydrogens is 593 g/mol. The molecule has 3 aromatic carbocycles. The van der Waals surface area contributed by atoms with Crippen LogP contribution in [0.5, 0.6) is 0 Å². The minimum Gasteiger partial charge on any atom is -0.352 e. The Balaban J connectivity index is 1.74. The molecule has 1 aliphatic carbocycles. The maximum Gasteiger partial charge on any atom is 0.264 e. The molecule has 1 aliphatic rings. The largest absolute Gasteiger partial charge is 0.352 e. The van der Waals surface area contributed by atoms with Gasteiger partial charge in [0.05, 0.1) is 10.6 Å². The van der Waals surface area contributed by atoms with Crippen LogP contribution in [0.3, 0.4) is 0 Å². The smallest absolute Gasteiger partial charge is 0.264 e. The van der Waals surface area contributed by atoms with E-state index in [1.54, 1.807) is 61.5 Å². The van der Waals surface area contributed by atoms with Gasteiger partial charge in [-0.1, -0.05) is 91.9 Å². The fourth-order valence-corrected chi connectivity index (χ4v) is 7.23. The third kappa shape index (κ3) is 7.46. The van der Waals surface area contributed by atoms with Gasteiger partial charge < -0.3 is 10.2 Å². The average molecular weight is 631 g/mol. The van der Waals surface area contributed by atoms with E-state index in [0.29, 0.717) is 27.6 Å². The molecule has 0 saturated heterocycles. The predicted octanol–water partition coefficient (Wildman–Crippen LogP) is 6.75. The van der Waals surface area contributed by atoms with Crippen LogP contribution in [0.25, 0.3) is 0 Å². The number of nitrogens with zero attached hydrogens (tertiary/aromatic N) is 2. The molecule has 42 heavy (non-hydrogen) atoms. The van der Waals surface area contributed by atoms with Gasteiger partial charge in [0, 0.05) is 22.6 Å². The second-order valence-electron chi connectivity index (χ2n) is 10.6. The van der Waals surface area contributed by atoms with E-state index in [1.165, 1.54) is 17.0 Å². The highest BCUT2D eigenvalue weighted by Gasteiger charge is 2.35. The summed E-state index contributed by atoms with van der Waals surface area (Å²) in [6, 6.07) is 19.3. The van der Waals surface area contributed by atoms with Crippen LogP contribution in [0.1, 0.15) is 56.6 Å². The summed E-state index contributed by atoms with van der Waals surface area (Å²) < 4.78 is 29.1. The maximum atomic E-state index is 14.3. The van der Waals surface area contributed by atoms with Gasteiger partial charge in [-0.2, -0.15) is 0 Å². The number of anilines is 1. The quantitative estimate of drug-likeness (QED) is 0.254. The van der Waals surface area contributed by atoms with Gasteiger partial charge in [0.25, 0.3) is 10.0 Å². The summed E-state index contributed by atoms with van der Waals surface area (Å²) in [5.41, 5.74) is 1.47. The highest BCUT2D eigenvalue weighted by Crippen LogP contribution is 2.31.